The minimum atomic E-state index is 0.935. The molecule has 0 saturated carbocycles. The molecule has 4 nitrogen and oxygen atoms in total. The standard InChI is InChI=1S/C10H20N4/c1-4-14-9-10(8-12-14)13(3)7-5-6-11-2/h8-9,11H,4-7H2,1-3H3. The Morgan fingerprint density at radius 2 is 2.36 bits per heavy atom. The highest BCUT2D eigenvalue weighted by atomic mass is 15.3. The molecule has 0 aliphatic rings. The summed E-state index contributed by atoms with van der Waals surface area (Å²) in [6.45, 7) is 5.16. The van der Waals surface area contributed by atoms with Crippen molar-refractivity contribution in [2.45, 2.75) is 19.9 Å². The van der Waals surface area contributed by atoms with Crippen molar-refractivity contribution in [3.05, 3.63) is 12.4 Å². The van der Waals surface area contributed by atoms with Crippen molar-refractivity contribution in [3.8, 4) is 0 Å². The minimum Gasteiger partial charge on any atom is -0.372 e. The first kappa shape index (κ1) is 11.0. The van der Waals surface area contributed by atoms with Crippen LogP contribution >= 0.6 is 0 Å². The SMILES string of the molecule is CCn1cc(N(C)CCCNC)cn1. The van der Waals surface area contributed by atoms with Crippen molar-refractivity contribution in [2.75, 3.05) is 32.1 Å². The Morgan fingerprint density at radius 3 is 2.93 bits per heavy atom. The van der Waals surface area contributed by atoms with Crippen molar-refractivity contribution in [3.63, 3.8) is 0 Å². The van der Waals surface area contributed by atoms with Crippen LogP contribution in [0.2, 0.25) is 0 Å². The molecule has 0 unspecified atom stereocenters. The summed E-state index contributed by atoms with van der Waals surface area (Å²) in [7, 11) is 4.09. The van der Waals surface area contributed by atoms with E-state index >= 15 is 0 Å². The molecule has 0 aliphatic carbocycles. The molecule has 1 aromatic rings. The fourth-order valence-electron chi connectivity index (χ4n) is 1.34. The van der Waals surface area contributed by atoms with Crippen LogP contribution in [0, 0.1) is 0 Å². The van der Waals surface area contributed by atoms with Crippen LogP contribution in [0.4, 0.5) is 5.69 Å². The van der Waals surface area contributed by atoms with Gasteiger partial charge in [-0.3, -0.25) is 4.68 Å². The molecule has 14 heavy (non-hydrogen) atoms. The zero-order chi connectivity index (χ0) is 10.4. The number of hydrogen-bond donors (Lipinski definition) is 1. The molecule has 0 bridgehead atoms. The second kappa shape index (κ2) is 5.65. The molecule has 80 valence electrons. The summed E-state index contributed by atoms with van der Waals surface area (Å²) in [4.78, 5) is 2.23. The highest BCUT2D eigenvalue weighted by molar-refractivity contribution is 5.40. The van der Waals surface area contributed by atoms with Gasteiger partial charge < -0.3 is 10.2 Å². The van der Waals surface area contributed by atoms with E-state index in [1.165, 1.54) is 5.69 Å². The van der Waals surface area contributed by atoms with Gasteiger partial charge in [0, 0.05) is 26.3 Å². The van der Waals surface area contributed by atoms with Gasteiger partial charge >= 0.3 is 0 Å². The van der Waals surface area contributed by atoms with Gasteiger partial charge in [-0.05, 0) is 26.9 Å². The van der Waals surface area contributed by atoms with E-state index in [0.717, 1.165) is 26.1 Å². The second-order valence-electron chi connectivity index (χ2n) is 3.43. The van der Waals surface area contributed by atoms with Crippen LogP contribution in [-0.2, 0) is 6.54 Å². The Morgan fingerprint density at radius 1 is 1.57 bits per heavy atom. The summed E-state index contributed by atoms with van der Waals surface area (Å²) < 4.78 is 1.95. The van der Waals surface area contributed by atoms with E-state index in [4.69, 9.17) is 0 Å². The number of rotatable bonds is 6. The molecule has 0 atom stereocenters. The van der Waals surface area contributed by atoms with E-state index in [1.54, 1.807) is 0 Å². The lowest BCUT2D eigenvalue weighted by Crippen LogP contribution is -2.21. The summed E-state index contributed by atoms with van der Waals surface area (Å²) >= 11 is 0. The molecular formula is C10H20N4. The smallest absolute Gasteiger partial charge is 0.0749 e. The van der Waals surface area contributed by atoms with Crippen LogP contribution in [0.25, 0.3) is 0 Å². The zero-order valence-electron chi connectivity index (χ0n) is 9.32. The maximum absolute atomic E-state index is 4.24. The number of aromatic nitrogens is 2. The van der Waals surface area contributed by atoms with Gasteiger partial charge in [-0.2, -0.15) is 5.10 Å². The molecular weight excluding hydrogens is 176 g/mol. The molecule has 0 radical (unpaired) electrons. The normalized spacial score (nSPS) is 10.5. The van der Waals surface area contributed by atoms with E-state index in [2.05, 4.69) is 35.5 Å². The second-order valence-corrected chi connectivity index (χ2v) is 3.43. The third kappa shape index (κ3) is 3.03. The molecule has 1 heterocycles. The lowest BCUT2D eigenvalue weighted by Gasteiger charge is -2.16. The van der Waals surface area contributed by atoms with Crippen LogP contribution in [0.5, 0.6) is 0 Å². The molecule has 4 heteroatoms. The fourth-order valence-corrected chi connectivity index (χ4v) is 1.34. The van der Waals surface area contributed by atoms with Crippen LogP contribution in [0.1, 0.15) is 13.3 Å². The topological polar surface area (TPSA) is 33.1 Å². The summed E-state index contributed by atoms with van der Waals surface area (Å²) in [5, 5.41) is 7.39. The lowest BCUT2D eigenvalue weighted by atomic mass is 10.3. The summed E-state index contributed by atoms with van der Waals surface area (Å²) in [6, 6.07) is 0. The highest BCUT2D eigenvalue weighted by Crippen LogP contribution is 2.10. The van der Waals surface area contributed by atoms with Gasteiger partial charge in [0.2, 0.25) is 0 Å². The Kier molecular flexibility index (Phi) is 4.46. The predicted molar refractivity (Wildman–Crippen MR) is 59.7 cm³/mol. The Balaban J connectivity index is 2.39. The van der Waals surface area contributed by atoms with Gasteiger partial charge in [0.1, 0.15) is 0 Å². The number of nitrogens with zero attached hydrogens (tertiary/aromatic N) is 3. The van der Waals surface area contributed by atoms with E-state index in [9.17, 15) is 0 Å². The van der Waals surface area contributed by atoms with Crippen LogP contribution in [0.15, 0.2) is 12.4 Å². The summed E-state index contributed by atoms with van der Waals surface area (Å²) in [5.41, 5.74) is 1.20. The third-order valence-corrected chi connectivity index (χ3v) is 2.30. The average molecular weight is 196 g/mol. The molecule has 0 fully saturated rings. The third-order valence-electron chi connectivity index (χ3n) is 2.30. The van der Waals surface area contributed by atoms with Crippen molar-refractivity contribution in [1.29, 1.82) is 0 Å². The first-order chi connectivity index (χ1) is 6.77. The van der Waals surface area contributed by atoms with Crippen LogP contribution in [-0.4, -0.2) is 37.0 Å². The zero-order valence-corrected chi connectivity index (χ0v) is 9.32. The number of anilines is 1. The fraction of sp³-hybridized carbons (Fsp3) is 0.700. The average Bonchev–Trinajstić information content (AvgIpc) is 2.66. The van der Waals surface area contributed by atoms with Gasteiger partial charge in [-0.15, -0.1) is 0 Å². The number of hydrogen-bond acceptors (Lipinski definition) is 3. The Hall–Kier alpha value is -1.03. The monoisotopic (exact) mass is 196 g/mol. The van der Waals surface area contributed by atoms with Crippen molar-refractivity contribution in [2.24, 2.45) is 0 Å². The summed E-state index contributed by atoms with van der Waals surface area (Å²) in [5.74, 6) is 0. The summed E-state index contributed by atoms with van der Waals surface area (Å²) in [6.07, 6.45) is 5.16. The van der Waals surface area contributed by atoms with Crippen molar-refractivity contribution in [1.82, 2.24) is 15.1 Å². The largest absolute Gasteiger partial charge is 0.372 e. The first-order valence-corrected chi connectivity index (χ1v) is 5.16. The van der Waals surface area contributed by atoms with Crippen LogP contribution in [0.3, 0.4) is 0 Å². The van der Waals surface area contributed by atoms with E-state index in [0.29, 0.717) is 0 Å². The van der Waals surface area contributed by atoms with Crippen molar-refractivity contribution < 1.29 is 0 Å². The number of nitrogens with one attached hydrogen (secondary N) is 1. The predicted octanol–water partition coefficient (Wildman–Crippen LogP) is 0.949. The van der Waals surface area contributed by atoms with Gasteiger partial charge in [0.15, 0.2) is 0 Å². The Bertz CT molecular complexity index is 256. The van der Waals surface area contributed by atoms with E-state index < -0.39 is 0 Å². The van der Waals surface area contributed by atoms with Crippen molar-refractivity contribution >= 4 is 5.69 Å². The molecule has 0 saturated heterocycles. The Labute approximate surface area is 85.9 Å². The van der Waals surface area contributed by atoms with Crippen LogP contribution < -0.4 is 10.2 Å². The van der Waals surface area contributed by atoms with Gasteiger partial charge in [0.25, 0.3) is 0 Å². The van der Waals surface area contributed by atoms with Gasteiger partial charge in [0.05, 0.1) is 11.9 Å². The highest BCUT2D eigenvalue weighted by Gasteiger charge is 2.02. The molecule has 0 aromatic carbocycles. The van der Waals surface area contributed by atoms with E-state index in [-0.39, 0.29) is 0 Å². The van der Waals surface area contributed by atoms with Gasteiger partial charge in [-0.25, -0.2) is 0 Å². The molecule has 0 spiro atoms. The molecule has 1 N–H and O–H groups in total. The lowest BCUT2D eigenvalue weighted by molar-refractivity contribution is 0.659. The first-order valence-electron chi connectivity index (χ1n) is 5.16. The maximum atomic E-state index is 4.24. The molecule has 1 rings (SSSR count). The van der Waals surface area contributed by atoms with Gasteiger partial charge in [-0.1, -0.05) is 0 Å². The maximum Gasteiger partial charge on any atom is 0.0749 e. The minimum absolute atomic E-state index is 0.935. The molecule has 0 amide bonds. The molecule has 1 aromatic heterocycles. The quantitative estimate of drug-likeness (QED) is 0.688. The number of aryl methyl sites for hydroxylation is 1. The molecule has 0 aliphatic heterocycles. The van der Waals surface area contributed by atoms with E-state index in [1.807, 2.05) is 17.9 Å².